The molecule has 6 nitrogen and oxygen atoms in total. The van der Waals surface area contributed by atoms with Crippen LogP contribution < -0.4 is 74.2 Å². The van der Waals surface area contributed by atoms with E-state index in [1.54, 1.807) is 6.07 Å². The smallest absolute Gasteiger partial charge is 0.790 e. The minimum Gasteiger partial charge on any atom is -0.790 e. The molecule has 0 aliphatic carbocycles. The maximum Gasteiger partial charge on any atom is 1.00 e. The van der Waals surface area contributed by atoms with Crippen LogP contribution in [0, 0.1) is 0 Å². The molecule has 148 valence electrons. The van der Waals surface area contributed by atoms with Crippen LogP contribution >= 0.6 is 19.6 Å². The second kappa shape index (κ2) is 16.8. The summed E-state index contributed by atoms with van der Waals surface area (Å²) in [5.74, 6) is -0.178. The van der Waals surface area contributed by atoms with Gasteiger partial charge in [0.2, 0.25) is 5.91 Å². The van der Waals surface area contributed by atoms with Gasteiger partial charge >= 0.3 is 59.1 Å². The molecule has 1 aromatic carbocycles. The molecule has 10 heteroatoms. The second-order valence-corrected chi connectivity index (χ2v) is 8.23. The Hall–Kier alpha value is 1.15. The van der Waals surface area contributed by atoms with Crippen LogP contribution in [0.25, 0.3) is 0 Å². The van der Waals surface area contributed by atoms with Gasteiger partial charge in [-0.05, 0) is 37.3 Å². The van der Waals surface area contributed by atoms with Gasteiger partial charge in [-0.3, -0.25) is 4.79 Å². The monoisotopic (exact) mass is 447 g/mol. The predicted octanol–water partition coefficient (Wildman–Crippen LogP) is -2.83. The number of rotatable bonds is 12. The average Bonchev–Trinajstić information content (AvgIpc) is 2.58. The fraction of sp³-hybridized carbons (Fsp3) is 0.611. The summed E-state index contributed by atoms with van der Waals surface area (Å²) < 4.78 is 15.6. The zero-order valence-electron chi connectivity index (χ0n) is 17.6. The molecule has 0 unspecified atom stereocenters. The first kappa shape index (κ1) is 31.3. The fourth-order valence-corrected chi connectivity index (χ4v) is 3.70. The number of amides is 1. The molecule has 0 spiro atoms. The van der Waals surface area contributed by atoms with Crippen LogP contribution in [0.2, 0.25) is 0 Å². The molecule has 0 aliphatic heterocycles. The van der Waals surface area contributed by atoms with Crippen molar-refractivity contribution in [2.24, 2.45) is 0 Å². The largest absolute Gasteiger partial charge is 1.00 e. The Bertz CT molecular complexity index is 617. The van der Waals surface area contributed by atoms with Gasteiger partial charge in [0, 0.05) is 11.3 Å². The number of nitrogens with one attached hydrogen (secondary N) is 1. The van der Waals surface area contributed by atoms with Crippen molar-refractivity contribution in [1.29, 1.82) is 0 Å². The molecule has 1 rings (SSSR count). The van der Waals surface area contributed by atoms with Crippen molar-refractivity contribution in [3.05, 3.63) is 29.8 Å². The molecule has 0 aromatic heterocycles. The Balaban J connectivity index is 0. The summed E-state index contributed by atoms with van der Waals surface area (Å²) in [6.45, 7) is 3.60. The first-order chi connectivity index (χ1) is 12.3. The summed E-state index contributed by atoms with van der Waals surface area (Å²) in [5.41, 5.74) is 0.706. The van der Waals surface area contributed by atoms with E-state index in [0.29, 0.717) is 12.0 Å². The maximum absolute atomic E-state index is 12.3. The van der Waals surface area contributed by atoms with E-state index in [4.69, 9.17) is 0 Å². The van der Waals surface area contributed by atoms with Crippen LogP contribution in [0.5, 0.6) is 0 Å². The molecule has 0 radical (unpaired) electrons. The van der Waals surface area contributed by atoms with Crippen LogP contribution in [0.1, 0.15) is 64.0 Å². The van der Waals surface area contributed by atoms with Crippen molar-refractivity contribution in [3.8, 4) is 0 Å². The Labute approximate surface area is 217 Å². The summed E-state index contributed by atoms with van der Waals surface area (Å²) in [7, 11) is -5.15. The van der Waals surface area contributed by atoms with Crippen LogP contribution in [-0.2, 0) is 13.9 Å². The summed E-state index contributed by atoms with van der Waals surface area (Å²) >= 11 is 1.53. The Morgan fingerprint density at radius 2 is 1.86 bits per heavy atom. The molecule has 1 aromatic rings. The van der Waals surface area contributed by atoms with Gasteiger partial charge in [0.1, 0.15) is 0 Å². The van der Waals surface area contributed by atoms with E-state index in [9.17, 15) is 19.1 Å². The van der Waals surface area contributed by atoms with Crippen LogP contribution in [0.15, 0.2) is 29.2 Å². The van der Waals surface area contributed by atoms with Crippen molar-refractivity contribution < 1.29 is 82.8 Å². The number of carbonyl (C=O) groups excluding carboxylic acids is 1. The van der Waals surface area contributed by atoms with E-state index in [0.717, 1.165) is 37.0 Å². The topological polar surface area (TPSA) is 102 Å². The number of hydrogen-bond donors (Lipinski definition) is 1. The molecule has 2 atom stereocenters. The third-order valence-electron chi connectivity index (χ3n) is 4.04. The van der Waals surface area contributed by atoms with E-state index >= 15 is 0 Å². The number of carbonyl (C=O) groups is 1. The third-order valence-corrected chi connectivity index (χ3v) is 5.36. The zero-order chi connectivity index (χ0) is 19.6. The van der Waals surface area contributed by atoms with Crippen molar-refractivity contribution >= 4 is 25.5 Å². The molecule has 28 heavy (non-hydrogen) atoms. The Morgan fingerprint density at radius 3 is 2.43 bits per heavy atom. The first-order valence-electron chi connectivity index (χ1n) is 8.90. The van der Waals surface area contributed by atoms with E-state index in [-0.39, 0.29) is 65.0 Å². The van der Waals surface area contributed by atoms with Gasteiger partial charge in [-0.2, -0.15) is 0 Å². The summed E-state index contributed by atoms with van der Waals surface area (Å²) in [4.78, 5) is 35.2. The normalized spacial score (nSPS) is 13.0. The summed E-state index contributed by atoms with van der Waals surface area (Å²) in [6.07, 6.45) is 6.44. The van der Waals surface area contributed by atoms with Crippen LogP contribution in [0.4, 0.5) is 0 Å². The minimum absolute atomic E-state index is 0. The molecular formula is C18H28NNa2O5PS. The number of phosphoric acid groups is 1. The number of benzene rings is 1. The van der Waals surface area contributed by atoms with Gasteiger partial charge < -0.3 is 24.2 Å². The number of phosphoric ester groups is 1. The molecule has 0 saturated carbocycles. The SMILES string of the molecule is CCCCCCCC(=O)N[C@H](c1cccc(SC)c1)[C@H](C)OP(=O)([O-])[O-].[Na+].[Na+]. The van der Waals surface area contributed by atoms with Gasteiger partial charge in [-0.25, -0.2) is 0 Å². The molecular weight excluding hydrogens is 419 g/mol. The van der Waals surface area contributed by atoms with E-state index in [1.165, 1.54) is 18.7 Å². The molecule has 1 N–H and O–H groups in total. The Kier molecular flexibility index (Phi) is 18.8. The molecule has 0 saturated heterocycles. The summed E-state index contributed by atoms with van der Waals surface area (Å²) in [6, 6.07) is 6.68. The number of thioether (sulfide) groups is 1. The first-order valence-corrected chi connectivity index (χ1v) is 11.6. The van der Waals surface area contributed by atoms with Gasteiger partial charge in [-0.1, -0.05) is 44.7 Å². The standard InChI is InChI=1S/C18H30NO5PS.2Na/c1-4-5-6-7-8-12-17(20)19-18(14(2)24-25(21,22)23)15-10-9-11-16(13-15)26-3;;/h9-11,13-14,18H,4-8,12H2,1-3H3,(H,19,20)(H2,21,22,23);;/q;2*+1/p-2/t14-,18-;;/m0../s1. The van der Waals surface area contributed by atoms with Crippen molar-refractivity contribution in [2.75, 3.05) is 6.26 Å². The quantitative estimate of drug-likeness (QED) is 0.160. The molecule has 0 fully saturated rings. The number of unbranched alkanes of at least 4 members (excludes halogenated alkanes) is 4. The molecule has 0 bridgehead atoms. The second-order valence-electron chi connectivity index (χ2n) is 6.24. The van der Waals surface area contributed by atoms with Crippen LogP contribution in [-0.4, -0.2) is 18.3 Å². The van der Waals surface area contributed by atoms with Gasteiger partial charge in [-0.15, -0.1) is 11.8 Å². The number of hydrogen-bond acceptors (Lipinski definition) is 6. The van der Waals surface area contributed by atoms with Gasteiger partial charge in [0.05, 0.1) is 20.0 Å². The summed E-state index contributed by atoms with van der Waals surface area (Å²) in [5, 5.41) is 2.83. The molecule has 0 heterocycles. The molecule has 1 amide bonds. The zero-order valence-corrected chi connectivity index (χ0v) is 23.3. The van der Waals surface area contributed by atoms with Gasteiger partial charge in [0.15, 0.2) is 0 Å². The van der Waals surface area contributed by atoms with E-state index in [1.807, 2.05) is 24.5 Å². The third kappa shape index (κ3) is 13.5. The predicted molar refractivity (Wildman–Crippen MR) is 101 cm³/mol. The van der Waals surface area contributed by atoms with Crippen molar-refractivity contribution in [3.63, 3.8) is 0 Å². The van der Waals surface area contributed by atoms with Crippen molar-refractivity contribution in [2.45, 2.75) is 69.4 Å². The minimum atomic E-state index is -5.15. The van der Waals surface area contributed by atoms with E-state index in [2.05, 4.69) is 16.8 Å². The van der Waals surface area contributed by atoms with Crippen molar-refractivity contribution in [1.82, 2.24) is 5.32 Å². The van der Waals surface area contributed by atoms with Gasteiger partial charge in [0.25, 0.3) is 0 Å². The fourth-order valence-electron chi connectivity index (χ4n) is 2.71. The Morgan fingerprint density at radius 1 is 1.21 bits per heavy atom. The maximum atomic E-state index is 12.3. The molecule has 0 aliphatic rings. The van der Waals surface area contributed by atoms with E-state index < -0.39 is 20.0 Å². The average molecular weight is 447 g/mol. The van der Waals surface area contributed by atoms with Crippen LogP contribution in [0.3, 0.4) is 0 Å².